The first-order valence-electron chi connectivity index (χ1n) is 6.09. The molecule has 1 aliphatic rings. The number of methoxy groups -OCH3 is 1. The molecule has 0 bridgehead atoms. The van der Waals surface area contributed by atoms with Crippen LogP contribution in [0.1, 0.15) is 27.2 Å². The summed E-state index contributed by atoms with van der Waals surface area (Å²) in [5, 5.41) is 4.47. The maximum atomic E-state index is 11.4. The molecule has 0 N–H and O–H groups in total. The highest BCUT2D eigenvalue weighted by Crippen LogP contribution is 2.39. The quantitative estimate of drug-likeness (QED) is 0.577. The molecule has 17 heavy (non-hydrogen) atoms. The fraction of sp³-hybridized carbons (Fsp3) is 0.917. The van der Waals surface area contributed by atoms with E-state index in [1.807, 2.05) is 0 Å². The zero-order valence-corrected chi connectivity index (χ0v) is 12.7. The van der Waals surface area contributed by atoms with Crippen molar-refractivity contribution in [2.75, 3.05) is 13.7 Å². The summed E-state index contributed by atoms with van der Waals surface area (Å²) in [4.78, 5) is 11.4. The Labute approximate surface area is 105 Å². The summed E-state index contributed by atoms with van der Waals surface area (Å²) in [6.07, 6.45) is 0.749. The molecule has 1 fully saturated rings. The summed E-state index contributed by atoms with van der Waals surface area (Å²) < 4.78 is 10.9. The van der Waals surface area contributed by atoms with Gasteiger partial charge in [0.15, 0.2) is 8.32 Å². The first-order chi connectivity index (χ1) is 7.67. The molecule has 0 amide bonds. The van der Waals surface area contributed by atoms with Crippen molar-refractivity contribution in [2.24, 2.45) is 0 Å². The standard InChI is InChI=1S/C12H24NO3Si/c1-12(2,3)17(5,6)16-9-7-10(13-8-9)11(14)15-4/h9-10H,7-8H2,1-6H3/q-1/t9-,10-/m0/s1. The molecule has 1 rings (SSSR count). The maximum Gasteiger partial charge on any atom is 0.287 e. The van der Waals surface area contributed by atoms with Crippen LogP contribution in [0.3, 0.4) is 0 Å². The van der Waals surface area contributed by atoms with Crippen molar-refractivity contribution in [2.45, 2.75) is 57.5 Å². The van der Waals surface area contributed by atoms with E-state index in [4.69, 9.17) is 9.16 Å². The van der Waals surface area contributed by atoms with Crippen molar-refractivity contribution < 1.29 is 14.0 Å². The van der Waals surface area contributed by atoms with Gasteiger partial charge in [0.05, 0.1) is 7.11 Å². The highest BCUT2D eigenvalue weighted by atomic mass is 28.4. The lowest BCUT2D eigenvalue weighted by molar-refractivity contribution is -0.141. The number of carbonyl (C=O) groups excluding carboxylic acids is 1. The van der Waals surface area contributed by atoms with E-state index in [-0.39, 0.29) is 23.2 Å². The number of hydrogen-bond acceptors (Lipinski definition) is 3. The molecular weight excluding hydrogens is 234 g/mol. The van der Waals surface area contributed by atoms with Crippen molar-refractivity contribution in [1.29, 1.82) is 0 Å². The fourth-order valence-electron chi connectivity index (χ4n) is 1.63. The Bertz CT molecular complexity index is 286. The van der Waals surface area contributed by atoms with Crippen LogP contribution in [0.2, 0.25) is 18.1 Å². The number of nitrogens with zero attached hydrogens (tertiary/aromatic N) is 1. The lowest BCUT2D eigenvalue weighted by Gasteiger charge is -2.39. The van der Waals surface area contributed by atoms with E-state index < -0.39 is 8.32 Å². The van der Waals surface area contributed by atoms with E-state index in [0.717, 1.165) is 0 Å². The molecule has 5 heteroatoms. The Kier molecular flexibility index (Phi) is 4.38. The average Bonchev–Trinajstić information content (AvgIpc) is 2.62. The molecule has 0 radical (unpaired) electrons. The predicted molar refractivity (Wildman–Crippen MR) is 70.7 cm³/mol. The fourth-order valence-corrected chi connectivity index (χ4v) is 2.99. The SMILES string of the molecule is COC(=O)[C@@H]1C[C@H](O[Si](C)(C)C(C)(C)C)C[N-]1. The van der Waals surface area contributed by atoms with Crippen LogP contribution in [0.4, 0.5) is 0 Å². The summed E-state index contributed by atoms with van der Waals surface area (Å²) in [5.41, 5.74) is 0. The van der Waals surface area contributed by atoms with Gasteiger partial charge in [0.2, 0.25) is 0 Å². The van der Waals surface area contributed by atoms with Gasteiger partial charge in [-0.1, -0.05) is 20.8 Å². The lowest BCUT2D eigenvalue weighted by Crippen LogP contribution is -2.44. The van der Waals surface area contributed by atoms with Crippen LogP contribution >= 0.6 is 0 Å². The topological polar surface area (TPSA) is 49.6 Å². The summed E-state index contributed by atoms with van der Waals surface area (Å²) in [7, 11) is -0.354. The van der Waals surface area contributed by atoms with E-state index in [2.05, 4.69) is 39.2 Å². The molecule has 4 nitrogen and oxygen atoms in total. The third-order valence-corrected chi connectivity index (χ3v) is 8.29. The van der Waals surface area contributed by atoms with Crippen molar-refractivity contribution in [3.8, 4) is 0 Å². The maximum absolute atomic E-state index is 11.4. The first kappa shape index (κ1) is 14.7. The number of hydrogen-bond donors (Lipinski definition) is 0. The van der Waals surface area contributed by atoms with E-state index in [9.17, 15) is 4.79 Å². The third-order valence-electron chi connectivity index (χ3n) is 3.76. The van der Waals surface area contributed by atoms with Crippen LogP contribution in [0.15, 0.2) is 0 Å². The van der Waals surface area contributed by atoms with Crippen molar-refractivity contribution in [1.82, 2.24) is 0 Å². The summed E-state index contributed by atoms with van der Waals surface area (Å²) >= 11 is 0. The second-order valence-corrected chi connectivity index (χ2v) is 10.9. The molecular formula is C12H24NO3Si-. The number of esters is 1. The lowest BCUT2D eigenvalue weighted by atomic mass is 10.2. The summed E-state index contributed by atoms with van der Waals surface area (Å²) in [5.74, 6) is -0.244. The Morgan fingerprint density at radius 1 is 1.35 bits per heavy atom. The smallest absolute Gasteiger partial charge is 0.287 e. The van der Waals surface area contributed by atoms with E-state index >= 15 is 0 Å². The molecule has 0 unspecified atom stereocenters. The highest BCUT2D eigenvalue weighted by molar-refractivity contribution is 6.74. The number of rotatable bonds is 3. The molecule has 0 spiro atoms. The molecule has 1 saturated heterocycles. The van der Waals surface area contributed by atoms with Gasteiger partial charge in [0.25, 0.3) is 5.97 Å². The normalized spacial score (nSPS) is 26.0. The molecule has 1 aliphatic heterocycles. The second kappa shape index (κ2) is 5.08. The molecule has 0 aromatic rings. The zero-order valence-electron chi connectivity index (χ0n) is 11.7. The first-order valence-corrected chi connectivity index (χ1v) is 9.00. The van der Waals surface area contributed by atoms with Gasteiger partial charge in [-0.2, -0.15) is 0 Å². The van der Waals surface area contributed by atoms with Gasteiger partial charge >= 0.3 is 0 Å². The molecule has 0 aromatic carbocycles. The molecule has 0 saturated carbocycles. The monoisotopic (exact) mass is 258 g/mol. The van der Waals surface area contributed by atoms with E-state index in [1.165, 1.54) is 7.11 Å². The van der Waals surface area contributed by atoms with Crippen LogP contribution in [0, 0.1) is 0 Å². The van der Waals surface area contributed by atoms with Crippen molar-refractivity contribution in [3.05, 3.63) is 5.32 Å². The highest BCUT2D eigenvalue weighted by Gasteiger charge is 2.39. The third kappa shape index (κ3) is 3.53. The molecule has 1 heterocycles. The van der Waals surface area contributed by atoms with Crippen LogP contribution in [0.5, 0.6) is 0 Å². The van der Waals surface area contributed by atoms with Gasteiger partial charge in [0, 0.05) is 6.10 Å². The van der Waals surface area contributed by atoms with Gasteiger partial charge in [0.1, 0.15) is 0 Å². The Balaban J connectivity index is 2.53. The molecule has 100 valence electrons. The van der Waals surface area contributed by atoms with E-state index in [1.54, 1.807) is 0 Å². The van der Waals surface area contributed by atoms with Crippen LogP contribution in [0.25, 0.3) is 5.32 Å². The van der Waals surface area contributed by atoms with Crippen LogP contribution in [-0.2, 0) is 14.0 Å². The molecule has 2 atom stereocenters. The van der Waals surface area contributed by atoms with Gasteiger partial charge in [-0.05, 0) is 30.6 Å². The second-order valence-electron chi connectivity index (χ2n) is 6.14. The van der Waals surface area contributed by atoms with Gasteiger partial charge in [-0.3, -0.25) is 4.79 Å². The van der Waals surface area contributed by atoms with Crippen LogP contribution < -0.4 is 0 Å². The minimum atomic E-state index is -1.76. The van der Waals surface area contributed by atoms with E-state index in [0.29, 0.717) is 13.0 Å². The van der Waals surface area contributed by atoms with Gasteiger partial charge in [-0.15, -0.1) is 6.54 Å². The predicted octanol–water partition coefficient (Wildman–Crippen LogP) is 2.70. The molecule has 0 aromatic heterocycles. The van der Waals surface area contributed by atoms with Crippen LogP contribution in [-0.4, -0.2) is 40.1 Å². The molecule has 0 aliphatic carbocycles. The summed E-state index contributed by atoms with van der Waals surface area (Å²) in [6, 6.07) is -0.324. The number of carbonyl (C=O) groups is 1. The Morgan fingerprint density at radius 3 is 2.41 bits per heavy atom. The largest absolute Gasteiger partial charge is 0.648 e. The average molecular weight is 258 g/mol. The van der Waals surface area contributed by atoms with Gasteiger partial charge < -0.3 is 14.5 Å². The van der Waals surface area contributed by atoms with Crippen molar-refractivity contribution in [3.63, 3.8) is 0 Å². The Hall–Kier alpha value is -0.393. The summed E-state index contributed by atoms with van der Waals surface area (Å²) in [6.45, 7) is 11.7. The minimum Gasteiger partial charge on any atom is -0.648 e. The van der Waals surface area contributed by atoms with Gasteiger partial charge in [-0.25, -0.2) is 0 Å². The Morgan fingerprint density at radius 2 is 1.94 bits per heavy atom. The zero-order chi connectivity index (χ0) is 13.3. The minimum absolute atomic E-state index is 0.0833. The van der Waals surface area contributed by atoms with Crippen molar-refractivity contribution >= 4 is 14.3 Å². The number of ether oxygens (including phenoxy) is 1.